The van der Waals surface area contributed by atoms with Crippen molar-refractivity contribution in [2.75, 3.05) is 6.54 Å². The average molecular weight is 275 g/mol. The smallest absolute Gasteiger partial charge is 0.0156 e. The first kappa shape index (κ1) is 17.2. The van der Waals surface area contributed by atoms with Crippen LogP contribution in [-0.4, -0.2) is 12.6 Å². The molecule has 1 aromatic carbocycles. The van der Waals surface area contributed by atoms with Gasteiger partial charge in [-0.3, -0.25) is 0 Å². The van der Waals surface area contributed by atoms with Crippen molar-refractivity contribution in [3.05, 3.63) is 35.4 Å². The van der Waals surface area contributed by atoms with Crippen LogP contribution >= 0.6 is 0 Å². The van der Waals surface area contributed by atoms with Crippen molar-refractivity contribution in [3.63, 3.8) is 0 Å². The topological polar surface area (TPSA) is 12.0 Å². The van der Waals surface area contributed by atoms with E-state index >= 15 is 0 Å². The quantitative estimate of drug-likeness (QED) is 0.802. The molecule has 1 rings (SSSR count). The van der Waals surface area contributed by atoms with Gasteiger partial charge in [0.25, 0.3) is 0 Å². The van der Waals surface area contributed by atoms with Crippen LogP contribution < -0.4 is 5.32 Å². The second-order valence-electron chi connectivity index (χ2n) is 8.02. The molecule has 1 heteroatoms. The molecule has 0 aromatic heterocycles. The van der Waals surface area contributed by atoms with Crippen LogP contribution in [0.15, 0.2) is 24.3 Å². The zero-order chi connectivity index (χ0) is 15.4. The van der Waals surface area contributed by atoms with E-state index in [-0.39, 0.29) is 10.8 Å². The van der Waals surface area contributed by atoms with Crippen LogP contribution in [0.5, 0.6) is 0 Å². The van der Waals surface area contributed by atoms with E-state index in [2.05, 4.69) is 78.0 Å². The number of hydrogen-bond donors (Lipinski definition) is 1. The third kappa shape index (κ3) is 5.28. The van der Waals surface area contributed by atoms with Crippen LogP contribution in [0.25, 0.3) is 0 Å². The van der Waals surface area contributed by atoms with Crippen LogP contribution in [0.2, 0.25) is 0 Å². The summed E-state index contributed by atoms with van der Waals surface area (Å²) >= 11 is 0. The highest BCUT2D eigenvalue weighted by atomic mass is 14.9. The fraction of sp³-hybridized carbons (Fsp3) is 0.684. The lowest BCUT2D eigenvalue weighted by atomic mass is 9.82. The zero-order valence-electron chi connectivity index (χ0n) is 14.5. The summed E-state index contributed by atoms with van der Waals surface area (Å²) in [6.07, 6.45) is 2.30. The van der Waals surface area contributed by atoms with E-state index in [0.29, 0.717) is 6.04 Å². The highest BCUT2D eigenvalue weighted by molar-refractivity contribution is 5.28. The van der Waals surface area contributed by atoms with Crippen molar-refractivity contribution in [2.24, 2.45) is 5.41 Å². The lowest BCUT2D eigenvalue weighted by Gasteiger charge is -2.32. The number of rotatable bonds is 5. The van der Waals surface area contributed by atoms with Crippen molar-refractivity contribution in [1.82, 2.24) is 5.32 Å². The third-order valence-corrected chi connectivity index (χ3v) is 3.95. The third-order valence-electron chi connectivity index (χ3n) is 3.95. The molecule has 20 heavy (non-hydrogen) atoms. The van der Waals surface area contributed by atoms with Gasteiger partial charge in [-0.15, -0.1) is 0 Å². The van der Waals surface area contributed by atoms with Gasteiger partial charge in [0.2, 0.25) is 0 Å². The Kier molecular flexibility index (Phi) is 5.82. The van der Waals surface area contributed by atoms with Gasteiger partial charge in [-0.1, -0.05) is 72.7 Å². The van der Waals surface area contributed by atoms with E-state index in [9.17, 15) is 0 Å². The summed E-state index contributed by atoms with van der Waals surface area (Å²) in [4.78, 5) is 0. The lowest BCUT2D eigenvalue weighted by Crippen LogP contribution is -2.42. The molecule has 0 amide bonds. The molecule has 114 valence electrons. The molecule has 0 heterocycles. The molecule has 0 aliphatic carbocycles. The Morgan fingerprint density at radius 3 is 1.90 bits per heavy atom. The van der Waals surface area contributed by atoms with Gasteiger partial charge in [0.15, 0.2) is 0 Å². The van der Waals surface area contributed by atoms with Gasteiger partial charge in [0, 0.05) is 6.04 Å². The Hall–Kier alpha value is -0.820. The van der Waals surface area contributed by atoms with Crippen LogP contribution in [0.4, 0.5) is 0 Å². The molecule has 1 unspecified atom stereocenters. The van der Waals surface area contributed by atoms with E-state index in [1.807, 2.05) is 0 Å². The van der Waals surface area contributed by atoms with E-state index in [0.717, 1.165) is 13.0 Å². The highest BCUT2D eigenvalue weighted by Gasteiger charge is 2.24. The van der Waals surface area contributed by atoms with Gasteiger partial charge in [0.05, 0.1) is 0 Å². The van der Waals surface area contributed by atoms with Crippen molar-refractivity contribution in [1.29, 1.82) is 0 Å². The van der Waals surface area contributed by atoms with Crippen LogP contribution in [0, 0.1) is 5.41 Å². The van der Waals surface area contributed by atoms with E-state index < -0.39 is 0 Å². The summed E-state index contributed by atoms with van der Waals surface area (Å²) in [5, 5.41) is 3.70. The summed E-state index contributed by atoms with van der Waals surface area (Å²) in [7, 11) is 0. The highest BCUT2D eigenvalue weighted by Crippen LogP contribution is 2.25. The Morgan fingerprint density at radius 2 is 1.50 bits per heavy atom. The van der Waals surface area contributed by atoms with Crippen molar-refractivity contribution in [3.8, 4) is 0 Å². The van der Waals surface area contributed by atoms with Gasteiger partial charge in [0.1, 0.15) is 0 Å². The maximum atomic E-state index is 3.70. The molecule has 0 fully saturated rings. The van der Waals surface area contributed by atoms with E-state index in [1.165, 1.54) is 17.5 Å². The first-order chi connectivity index (χ1) is 9.14. The molecule has 0 bridgehead atoms. The molecule has 0 radical (unpaired) electrons. The summed E-state index contributed by atoms with van der Waals surface area (Å²) in [5.41, 5.74) is 3.37. The van der Waals surface area contributed by atoms with Crippen molar-refractivity contribution >= 4 is 0 Å². The molecule has 1 N–H and O–H groups in total. The molecule has 0 saturated carbocycles. The Labute approximate surface area is 126 Å². The maximum absolute atomic E-state index is 3.70. The van der Waals surface area contributed by atoms with Crippen molar-refractivity contribution < 1.29 is 0 Å². The van der Waals surface area contributed by atoms with E-state index in [4.69, 9.17) is 0 Å². The largest absolute Gasteiger partial charge is 0.313 e. The summed E-state index contributed by atoms with van der Waals surface area (Å²) in [6.45, 7) is 17.1. The van der Waals surface area contributed by atoms with Crippen LogP contribution in [0.1, 0.15) is 66.0 Å². The number of hydrogen-bond acceptors (Lipinski definition) is 1. The van der Waals surface area contributed by atoms with Gasteiger partial charge < -0.3 is 5.32 Å². The molecule has 0 aliphatic heterocycles. The van der Waals surface area contributed by atoms with Crippen LogP contribution in [-0.2, 0) is 11.8 Å². The fourth-order valence-corrected chi connectivity index (χ4v) is 2.38. The minimum absolute atomic E-state index is 0.239. The van der Waals surface area contributed by atoms with Gasteiger partial charge in [-0.2, -0.15) is 0 Å². The Bertz CT molecular complexity index is 389. The Balaban J connectivity index is 2.79. The molecule has 0 spiro atoms. The molecule has 1 nitrogen and oxygen atoms in total. The zero-order valence-corrected chi connectivity index (χ0v) is 14.5. The first-order valence-corrected chi connectivity index (χ1v) is 7.97. The minimum atomic E-state index is 0.239. The van der Waals surface area contributed by atoms with E-state index in [1.54, 1.807) is 0 Å². The molecular formula is C19H33N. The average Bonchev–Trinajstić information content (AvgIpc) is 2.32. The maximum Gasteiger partial charge on any atom is 0.0156 e. The molecular weight excluding hydrogens is 242 g/mol. The molecule has 0 saturated heterocycles. The summed E-state index contributed by atoms with van der Waals surface area (Å²) < 4.78 is 0. The molecule has 1 atom stereocenters. The normalized spacial score (nSPS) is 14.3. The van der Waals surface area contributed by atoms with Crippen molar-refractivity contribution in [2.45, 2.75) is 72.8 Å². The standard InChI is InChI=1S/C19H33N/c1-8-13-20-17(19(5,6)7)14-15-9-11-16(12-10-15)18(2,3)4/h9-12,17,20H,8,13-14H2,1-7H3. The second-order valence-corrected chi connectivity index (χ2v) is 8.02. The predicted octanol–water partition coefficient (Wildman–Crippen LogP) is 4.94. The number of benzene rings is 1. The van der Waals surface area contributed by atoms with Gasteiger partial charge >= 0.3 is 0 Å². The minimum Gasteiger partial charge on any atom is -0.313 e. The Morgan fingerprint density at radius 1 is 0.950 bits per heavy atom. The van der Waals surface area contributed by atoms with Crippen LogP contribution in [0.3, 0.4) is 0 Å². The fourth-order valence-electron chi connectivity index (χ4n) is 2.38. The summed E-state index contributed by atoms with van der Waals surface area (Å²) in [5.74, 6) is 0. The SMILES string of the molecule is CCCNC(Cc1ccc(C(C)(C)C)cc1)C(C)(C)C. The molecule has 1 aromatic rings. The first-order valence-electron chi connectivity index (χ1n) is 7.97. The number of nitrogens with one attached hydrogen (secondary N) is 1. The molecule has 0 aliphatic rings. The predicted molar refractivity (Wildman–Crippen MR) is 90.4 cm³/mol. The van der Waals surface area contributed by atoms with Gasteiger partial charge in [-0.25, -0.2) is 0 Å². The lowest BCUT2D eigenvalue weighted by molar-refractivity contribution is 0.267. The monoisotopic (exact) mass is 275 g/mol. The van der Waals surface area contributed by atoms with Gasteiger partial charge in [-0.05, 0) is 41.3 Å². The second kappa shape index (κ2) is 6.76. The summed E-state index contributed by atoms with van der Waals surface area (Å²) in [6, 6.07) is 9.70.